The second kappa shape index (κ2) is 7.42. The summed E-state index contributed by atoms with van der Waals surface area (Å²) in [5.74, 6) is -1.16. The predicted octanol–water partition coefficient (Wildman–Crippen LogP) is 2.45. The molecule has 3 rings (SSSR count). The van der Waals surface area contributed by atoms with E-state index in [1.807, 2.05) is 6.07 Å². The van der Waals surface area contributed by atoms with Crippen molar-refractivity contribution in [3.05, 3.63) is 65.7 Å². The zero-order chi connectivity index (χ0) is 17.8. The van der Waals surface area contributed by atoms with Crippen LogP contribution in [0.5, 0.6) is 0 Å². The molecule has 2 heterocycles. The Kier molecular flexibility index (Phi) is 5.07. The largest absolute Gasteiger partial charge is 0.352 e. The first-order chi connectivity index (χ1) is 12.1. The van der Waals surface area contributed by atoms with E-state index in [1.165, 1.54) is 11.0 Å². The molecule has 25 heavy (non-hydrogen) atoms. The first kappa shape index (κ1) is 17.1. The highest BCUT2D eigenvalue weighted by Gasteiger charge is 2.39. The first-order valence-electron chi connectivity index (χ1n) is 8.24. The Balaban J connectivity index is 1.81. The first-order valence-corrected chi connectivity index (χ1v) is 8.24. The Labute approximate surface area is 145 Å². The lowest BCUT2D eigenvalue weighted by Gasteiger charge is -2.38. The van der Waals surface area contributed by atoms with Gasteiger partial charge >= 0.3 is 0 Å². The number of carbonyl (C=O) groups is 2. The Morgan fingerprint density at radius 2 is 2.12 bits per heavy atom. The van der Waals surface area contributed by atoms with Gasteiger partial charge in [-0.1, -0.05) is 24.3 Å². The van der Waals surface area contributed by atoms with E-state index >= 15 is 0 Å². The number of nitrogens with zero attached hydrogens (tertiary/aromatic N) is 2. The zero-order valence-electron chi connectivity index (χ0n) is 14.0. The molecule has 1 aromatic carbocycles. The topological polar surface area (TPSA) is 62.3 Å². The van der Waals surface area contributed by atoms with Gasteiger partial charge in [0.1, 0.15) is 5.82 Å². The summed E-state index contributed by atoms with van der Waals surface area (Å²) in [6, 6.07) is 9.38. The van der Waals surface area contributed by atoms with Gasteiger partial charge in [0.2, 0.25) is 11.8 Å². The van der Waals surface area contributed by atoms with Crippen LogP contribution in [0.1, 0.15) is 30.0 Å². The molecular formula is C19H20FN3O2. The molecule has 0 aliphatic carbocycles. The van der Waals surface area contributed by atoms with Crippen molar-refractivity contribution < 1.29 is 14.0 Å². The van der Waals surface area contributed by atoms with Gasteiger partial charge in [-0.15, -0.1) is 0 Å². The number of amides is 2. The molecule has 0 saturated carbocycles. The van der Waals surface area contributed by atoms with Crippen molar-refractivity contribution in [3.8, 4) is 0 Å². The van der Waals surface area contributed by atoms with Gasteiger partial charge in [-0.25, -0.2) is 4.39 Å². The molecule has 130 valence electrons. The van der Waals surface area contributed by atoms with Crippen molar-refractivity contribution in [1.82, 2.24) is 15.2 Å². The van der Waals surface area contributed by atoms with Crippen LogP contribution in [0.4, 0.5) is 4.39 Å². The van der Waals surface area contributed by atoms with E-state index < -0.39 is 17.8 Å². The second-order valence-electron chi connectivity index (χ2n) is 6.20. The summed E-state index contributed by atoms with van der Waals surface area (Å²) < 4.78 is 14.3. The molecule has 1 N–H and O–H groups in total. The molecule has 5 nitrogen and oxygen atoms in total. The van der Waals surface area contributed by atoms with Crippen LogP contribution in [-0.4, -0.2) is 28.7 Å². The lowest BCUT2D eigenvalue weighted by atomic mass is 9.83. The SMILES string of the molecule is CN1C(=O)CC[C@@H](C(=O)NCc2cccnc2)[C@H]1c1ccccc1F. The molecule has 0 bridgehead atoms. The summed E-state index contributed by atoms with van der Waals surface area (Å²) in [6.45, 7) is 0.352. The van der Waals surface area contributed by atoms with Gasteiger partial charge in [-0.2, -0.15) is 0 Å². The molecule has 0 unspecified atom stereocenters. The third-order valence-electron chi connectivity index (χ3n) is 4.61. The molecule has 1 aliphatic heterocycles. The zero-order valence-corrected chi connectivity index (χ0v) is 14.0. The molecule has 0 spiro atoms. The Morgan fingerprint density at radius 3 is 2.84 bits per heavy atom. The van der Waals surface area contributed by atoms with Crippen molar-refractivity contribution in [1.29, 1.82) is 0 Å². The summed E-state index contributed by atoms with van der Waals surface area (Å²) in [7, 11) is 1.62. The molecule has 2 amide bonds. The number of carbonyl (C=O) groups excluding carboxylic acids is 2. The van der Waals surface area contributed by atoms with E-state index in [0.717, 1.165) is 5.56 Å². The number of halogens is 1. The molecule has 2 aromatic rings. The van der Waals surface area contributed by atoms with Crippen LogP contribution < -0.4 is 5.32 Å². The van der Waals surface area contributed by atoms with Crippen molar-refractivity contribution in [2.24, 2.45) is 5.92 Å². The van der Waals surface area contributed by atoms with Gasteiger partial charge in [0.25, 0.3) is 0 Å². The lowest BCUT2D eigenvalue weighted by molar-refractivity contribution is -0.141. The molecular weight excluding hydrogens is 321 g/mol. The predicted molar refractivity (Wildman–Crippen MR) is 90.7 cm³/mol. The number of likely N-dealkylation sites (tertiary alicyclic amines) is 1. The Morgan fingerprint density at radius 1 is 1.32 bits per heavy atom. The van der Waals surface area contributed by atoms with Gasteiger partial charge < -0.3 is 10.2 Å². The molecule has 1 saturated heterocycles. The fraction of sp³-hybridized carbons (Fsp3) is 0.316. The van der Waals surface area contributed by atoms with Crippen molar-refractivity contribution in [2.45, 2.75) is 25.4 Å². The maximum Gasteiger partial charge on any atom is 0.225 e. The number of pyridine rings is 1. The van der Waals surface area contributed by atoms with Gasteiger partial charge in [-0.3, -0.25) is 14.6 Å². The Hall–Kier alpha value is -2.76. The van der Waals surface area contributed by atoms with Crippen LogP contribution >= 0.6 is 0 Å². The number of piperidine rings is 1. The number of aromatic nitrogens is 1. The van der Waals surface area contributed by atoms with Crippen molar-refractivity contribution in [2.75, 3.05) is 7.05 Å². The quantitative estimate of drug-likeness (QED) is 0.929. The van der Waals surface area contributed by atoms with Crippen molar-refractivity contribution >= 4 is 11.8 Å². The average molecular weight is 341 g/mol. The molecule has 6 heteroatoms. The summed E-state index contributed by atoms with van der Waals surface area (Å²) in [4.78, 5) is 30.3. The van der Waals surface area contributed by atoms with Crippen LogP contribution in [0.2, 0.25) is 0 Å². The summed E-state index contributed by atoms with van der Waals surface area (Å²) >= 11 is 0. The highest BCUT2D eigenvalue weighted by Crippen LogP contribution is 2.36. The van der Waals surface area contributed by atoms with E-state index in [2.05, 4.69) is 10.3 Å². The van der Waals surface area contributed by atoms with Gasteiger partial charge in [0, 0.05) is 38.0 Å². The monoisotopic (exact) mass is 341 g/mol. The van der Waals surface area contributed by atoms with Crippen LogP contribution in [-0.2, 0) is 16.1 Å². The standard InChI is InChI=1S/C19H20FN3O2/c1-23-17(24)9-8-15(18(23)14-6-2-3-7-16(14)20)19(25)22-12-13-5-4-10-21-11-13/h2-7,10-11,15,18H,8-9,12H2,1H3,(H,22,25)/t15-,18-/m1/s1. The van der Waals surface area contributed by atoms with Crippen LogP contribution in [0.15, 0.2) is 48.8 Å². The summed E-state index contributed by atoms with van der Waals surface area (Å²) in [5, 5.41) is 2.88. The lowest BCUT2D eigenvalue weighted by Crippen LogP contribution is -2.46. The molecule has 2 atom stereocenters. The number of nitrogens with one attached hydrogen (secondary N) is 1. The second-order valence-corrected chi connectivity index (χ2v) is 6.20. The minimum Gasteiger partial charge on any atom is -0.352 e. The van der Waals surface area contributed by atoms with Crippen molar-refractivity contribution in [3.63, 3.8) is 0 Å². The number of hydrogen-bond donors (Lipinski definition) is 1. The fourth-order valence-corrected chi connectivity index (χ4v) is 3.28. The summed E-state index contributed by atoms with van der Waals surface area (Å²) in [5.41, 5.74) is 1.26. The van der Waals surface area contributed by atoms with Crippen LogP contribution in [0.3, 0.4) is 0 Å². The molecule has 1 aliphatic rings. The van der Waals surface area contributed by atoms with Gasteiger partial charge in [0.05, 0.1) is 12.0 Å². The minimum atomic E-state index is -0.601. The number of hydrogen-bond acceptors (Lipinski definition) is 3. The summed E-state index contributed by atoms with van der Waals surface area (Å²) in [6.07, 6.45) is 4.04. The van der Waals surface area contributed by atoms with Gasteiger partial charge in [-0.05, 0) is 24.1 Å². The Bertz CT molecular complexity index is 766. The van der Waals surface area contributed by atoms with E-state index in [4.69, 9.17) is 0 Å². The molecule has 0 radical (unpaired) electrons. The van der Waals surface area contributed by atoms with E-state index in [9.17, 15) is 14.0 Å². The maximum atomic E-state index is 14.3. The maximum absolute atomic E-state index is 14.3. The molecule has 1 aromatic heterocycles. The average Bonchev–Trinajstić information content (AvgIpc) is 2.63. The van der Waals surface area contributed by atoms with E-state index in [0.29, 0.717) is 18.5 Å². The smallest absolute Gasteiger partial charge is 0.225 e. The third kappa shape index (κ3) is 3.68. The highest BCUT2D eigenvalue weighted by atomic mass is 19.1. The van der Waals surface area contributed by atoms with Crippen LogP contribution in [0.25, 0.3) is 0 Å². The molecule has 1 fully saturated rings. The van der Waals surface area contributed by atoms with Crippen LogP contribution in [0, 0.1) is 11.7 Å². The third-order valence-corrected chi connectivity index (χ3v) is 4.61. The number of benzene rings is 1. The van der Waals surface area contributed by atoms with Gasteiger partial charge in [0.15, 0.2) is 0 Å². The normalized spacial score (nSPS) is 20.4. The van der Waals surface area contributed by atoms with E-state index in [-0.39, 0.29) is 18.2 Å². The minimum absolute atomic E-state index is 0.0791. The highest BCUT2D eigenvalue weighted by molar-refractivity contribution is 5.84. The fourth-order valence-electron chi connectivity index (χ4n) is 3.28. The van der Waals surface area contributed by atoms with E-state index in [1.54, 1.807) is 43.7 Å². The number of rotatable bonds is 4.